The summed E-state index contributed by atoms with van der Waals surface area (Å²) in [5.41, 5.74) is 12.4. The minimum absolute atomic E-state index is 0.404. The Labute approximate surface area is 114 Å². The topological polar surface area (TPSA) is 85.2 Å². The van der Waals surface area contributed by atoms with Crippen LogP contribution in [0.5, 0.6) is 0 Å². The van der Waals surface area contributed by atoms with Crippen LogP contribution in [0.4, 0.5) is 5.82 Å². The molecule has 5 heteroatoms. The fourth-order valence-corrected chi connectivity index (χ4v) is 2.74. The number of aromatic nitrogens is 1. The first-order valence-corrected chi connectivity index (χ1v) is 6.87. The number of primary amides is 1. The molecular formula is C14H22N4O. The standard InChI is InChI=1S/C14H22N4O/c1-10-8-11(14(16)19)9-13(17-10)18-7-3-2-4-12(18)5-6-15/h8-9,12H,2-7,15H2,1H3,(H2,16,19). The first kappa shape index (κ1) is 13.8. The summed E-state index contributed by atoms with van der Waals surface area (Å²) in [5, 5.41) is 0. The van der Waals surface area contributed by atoms with Crippen LogP contribution in [0.3, 0.4) is 0 Å². The predicted molar refractivity (Wildman–Crippen MR) is 76.1 cm³/mol. The molecule has 2 heterocycles. The fraction of sp³-hybridized carbons (Fsp3) is 0.571. The van der Waals surface area contributed by atoms with Gasteiger partial charge in [0, 0.05) is 23.8 Å². The second kappa shape index (κ2) is 6.02. The molecule has 0 bridgehead atoms. The zero-order valence-electron chi connectivity index (χ0n) is 11.4. The third kappa shape index (κ3) is 3.23. The van der Waals surface area contributed by atoms with Gasteiger partial charge in [-0.3, -0.25) is 4.79 Å². The van der Waals surface area contributed by atoms with E-state index in [9.17, 15) is 4.79 Å². The molecule has 4 N–H and O–H groups in total. The van der Waals surface area contributed by atoms with E-state index < -0.39 is 5.91 Å². The molecule has 1 aromatic heterocycles. The minimum atomic E-state index is -0.404. The van der Waals surface area contributed by atoms with E-state index in [-0.39, 0.29) is 0 Å². The second-order valence-electron chi connectivity index (χ2n) is 5.14. The maximum atomic E-state index is 11.4. The molecule has 0 radical (unpaired) electrons. The van der Waals surface area contributed by atoms with E-state index in [0.717, 1.165) is 37.3 Å². The monoisotopic (exact) mass is 262 g/mol. The molecule has 1 saturated heterocycles. The van der Waals surface area contributed by atoms with Crippen molar-refractivity contribution in [2.75, 3.05) is 18.0 Å². The maximum absolute atomic E-state index is 11.4. The quantitative estimate of drug-likeness (QED) is 0.853. The molecule has 5 nitrogen and oxygen atoms in total. The second-order valence-corrected chi connectivity index (χ2v) is 5.14. The molecule has 1 unspecified atom stereocenters. The Balaban J connectivity index is 2.30. The van der Waals surface area contributed by atoms with Crippen molar-refractivity contribution in [3.63, 3.8) is 0 Å². The summed E-state index contributed by atoms with van der Waals surface area (Å²) >= 11 is 0. The predicted octanol–water partition coefficient (Wildman–Crippen LogP) is 1.20. The number of pyridine rings is 1. The van der Waals surface area contributed by atoms with Crippen LogP contribution in [-0.2, 0) is 0 Å². The van der Waals surface area contributed by atoms with Crippen LogP contribution in [0.25, 0.3) is 0 Å². The zero-order valence-corrected chi connectivity index (χ0v) is 11.4. The Hall–Kier alpha value is -1.62. The van der Waals surface area contributed by atoms with Gasteiger partial charge in [-0.2, -0.15) is 0 Å². The van der Waals surface area contributed by atoms with E-state index >= 15 is 0 Å². The Morgan fingerprint density at radius 1 is 1.47 bits per heavy atom. The summed E-state index contributed by atoms with van der Waals surface area (Å²) in [4.78, 5) is 18.2. The van der Waals surface area contributed by atoms with Gasteiger partial charge in [-0.1, -0.05) is 0 Å². The van der Waals surface area contributed by atoms with Crippen molar-refractivity contribution >= 4 is 11.7 Å². The van der Waals surface area contributed by atoms with E-state index in [4.69, 9.17) is 11.5 Å². The van der Waals surface area contributed by atoms with Crippen molar-refractivity contribution in [2.45, 2.75) is 38.6 Å². The number of hydrogen-bond acceptors (Lipinski definition) is 4. The lowest BCUT2D eigenvalue weighted by Crippen LogP contribution is -2.41. The van der Waals surface area contributed by atoms with E-state index in [2.05, 4.69) is 9.88 Å². The molecule has 19 heavy (non-hydrogen) atoms. The van der Waals surface area contributed by atoms with E-state index in [0.29, 0.717) is 18.2 Å². The Bertz CT molecular complexity index is 459. The van der Waals surface area contributed by atoms with Crippen LogP contribution in [0.15, 0.2) is 12.1 Å². The van der Waals surface area contributed by atoms with Crippen molar-refractivity contribution in [1.82, 2.24) is 4.98 Å². The highest BCUT2D eigenvalue weighted by molar-refractivity contribution is 5.93. The molecule has 0 spiro atoms. The lowest BCUT2D eigenvalue weighted by molar-refractivity contribution is 0.1000. The number of piperidine rings is 1. The van der Waals surface area contributed by atoms with Crippen molar-refractivity contribution in [2.24, 2.45) is 11.5 Å². The van der Waals surface area contributed by atoms with Gasteiger partial charge in [0.05, 0.1) is 0 Å². The summed E-state index contributed by atoms with van der Waals surface area (Å²) in [7, 11) is 0. The minimum Gasteiger partial charge on any atom is -0.366 e. The highest BCUT2D eigenvalue weighted by Gasteiger charge is 2.23. The highest BCUT2D eigenvalue weighted by Crippen LogP contribution is 2.25. The number of carbonyl (C=O) groups is 1. The van der Waals surface area contributed by atoms with Gasteiger partial charge in [-0.25, -0.2) is 4.98 Å². The highest BCUT2D eigenvalue weighted by atomic mass is 16.1. The number of amides is 1. The van der Waals surface area contributed by atoms with Crippen LogP contribution in [-0.4, -0.2) is 30.0 Å². The molecular weight excluding hydrogens is 240 g/mol. The summed E-state index contributed by atoms with van der Waals surface area (Å²) in [5.74, 6) is 0.450. The maximum Gasteiger partial charge on any atom is 0.248 e. The van der Waals surface area contributed by atoms with Gasteiger partial charge in [-0.15, -0.1) is 0 Å². The number of anilines is 1. The van der Waals surface area contributed by atoms with Crippen molar-refractivity contribution in [3.8, 4) is 0 Å². The first-order valence-electron chi connectivity index (χ1n) is 6.87. The molecule has 0 saturated carbocycles. The van der Waals surface area contributed by atoms with Crippen molar-refractivity contribution in [1.29, 1.82) is 0 Å². The zero-order chi connectivity index (χ0) is 13.8. The molecule has 0 aromatic carbocycles. The first-order chi connectivity index (χ1) is 9.11. The summed E-state index contributed by atoms with van der Waals surface area (Å²) in [6.45, 7) is 3.53. The summed E-state index contributed by atoms with van der Waals surface area (Å²) in [6, 6.07) is 3.95. The smallest absolute Gasteiger partial charge is 0.248 e. The Morgan fingerprint density at radius 3 is 2.95 bits per heavy atom. The van der Waals surface area contributed by atoms with Gasteiger partial charge in [0.15, 0.2) is 0 Å². The van der Waals surface area contributed by atoms with Crippen molar-refractivity contribution < 1.29 is 4.79 Å². The number of nitrogens with zero attached hydrogens (tertiary/aromatic N) is 2. The molecule has 1 aromatic rings. The van der Waals surface area contributed by atoms with E-state index in [1.807, 2.05) is 6.92 Å². The number of hydrogen-bond donors (Lipinski definition) is 2. The Morgan fingerprint density at radius 2 is 2.26 bits per heavy atom. The molecule has 1 amide bonds. The normalized spacial score (nSPS) is 19.5. The number of nitrogens with two attached hydrogens (primary N) is 2. The van der Waals surface area contributed by atoms with E-state index in [1.165, 1.54) is 6.42 Å². The molecule has 1 aliphatic heterocycles. The molecule has 2 rings (SSSR count). The molecule has 1 atom stereocenters. The number of aryl methyl sites for hydroxylation is 1. The van der Waals surface area contributed by atoms with Gasteiger partial charge in [-0.05, 0) is 51.3 Å². The van der Waals surface area contributed by atoms with Crippen LogP contribution in [0.2, 0.25) is 0 Å². The van der Waals surface area contributed by atoms with Gasteiger partial charge in [0.1, 0.15) is 5.82 Å². The lowest BCUT2D eigenvalue weighted by Gasteiger charge is -2.37. The lowest BCUT2D eigenvalue weighted by atomic mass is 9.99. The van der Waals surface area contributed by atoms with Crippen LogP contribution in [0, 0.1) is 6.92 Å². The average molecular weight is 262 g/mol. The van der Waals surface area contributed by atoms with Crippen LogP contribution in [0.1, 0.15) is 41.7 Å². The SMILES string of the molecule is Cc1cc(C(N)=O)cc(N2CCCCC2CCN)n1. The molecule has 1 aliphatic rings. The van der Waals surface area contributed by atoms with E-state index in [1.54, 1.807) is 12.1 Å². The summed E-state index contributed by atoms with van der Waals surface area (Å²) in [6.07, 6.45) is 4.48. The third-order valence-electron chi connectivity index (χ3n) is 3.65. The van der Waals surface area contributed by atoms with Crippen LogP contribution >= 0.6 is 0 Å². The van der Waals surface area contributed by atoms with Gasteiger partial charge < -0.3 is 16.4 Å². The number of carbonyl (C=O) groups excluding carboxylic acids is 1. The van der Waals surface area contributed by atoms with Gasteiger partial charge in [0.2, 0.25) is 5.91 Å². The third-order valence-corrected chi connectivity index (χ3v) is 3.65. The molecule has 1 fully saturated rings. The van der Waals surface area contributed by atoms with Gasteiger partial charge >= 0.3 is 0 Å². The van der Waals surface area contributed by atoms with Crippen molar-refractivity contribution in [3.05, 3.63) is 23.4 Å². The number of rotatable bonds is 4. The van der Waals surface area contributed by atoms with Gasteiger partial charge in [0.25, 0.3) is 0 Å². The Kier molecular flexibility index (Phi) is 4.37. The molecule has 0 aliphatic carbocycles. The molecule has 104 valence electrons. The average Bonchev–Trinajstić information content (AvgIpc) is 2.39. The fourth-order valence-electron chi connectivity index (χ4n) is 2.74. The van der Waals surface area contributed by atoms with Crippen LogP contribution < -0.4 is 16.4 Å². The largest absolute Gasteiger partial charge is 0.366 e. The summed E-state index contributed by atoms with van der Waals surface area (Å²) < 4.78 is 0.